The normalized spacial score (nSPS) is 14.8. The number of hydrogen-bond donors (Lipinski definition) is 21. The van der Waals surface area contributed by atoms with E-state index in [-0.39, 0.29) is 69.4 Å². The molecule has 0 aromatic heterocycles. The van der Waals surface area contributed by atoms with Crippen LogP contribution in [0.1, 0.15) is 165 Å². The summed E-state index contributed by atoms with van der Waals surface area (Å²) in [5.41, 5.74) is 45.2. The van der Waals surface area contributed by atoms with Gasteiger partial charge in [-0.1, -0.05) is 48.0 Å². The summed E-state index contributed by atoms with van der Waals surface area (Å²) < 4.78 is 0. The van der Waals surface area contributed by atoms with Crippen LogP contribution in [-0.2, 0) is 71.9 Å². The van der Waals surface area contributed by atoms with Gasteiger partial charge in [0.05, 0.1) is 19.0 Å². The van der Waals surface area contributed by atoms with E-state index in [9.17, 15) is 71.9 Å². The van der Waals surface area contributed by atoms with E-state index in [2.05, 4.69) is 68.8 Å². The molecule has 0 aliphatic heterocycles. The Morgan fingerprint density at radius 1 is 0.378 bits per heavy atom. The predicted octanol–water partition coefficient (Wildman–Crippen LogP) is -6.76. The minimum absolute atomic E-state index is 0.0181. The Morgan fingerprint density at radius 3 is 1.18 bits per heavy atom. The predicted molar refractivity (Wildman–Crippen MR) is 361 cm³/mol. The number of carbonyl (C=O) groups is 15. The molecule has 0 saturated heterocycles. The molecule has 0 fully saturated rings. The van der Waals surface area contributed by atoms with Crippen molar-refractivity contribution in [2.75, 3.05) is 32.7 Å². The van der Waals surface area contributed by atoms with E-state index in [1.54, 1.807) is 41.5 Å². The Hall–Kier alpha value is -8.84. The Balaban J connectivity index is 6.81. The van der Waals surface area contributed by atoms with Crippen molar-refractivity contribution in [3.8, 4) is 0 Å². The van der Waals surface area contributed by atoms with Crippen LogP contribution in [0.2, 0.25) is 0 Å². The lowest BCUT2D eigenvalue weighted by Crippen LogP contribution is -2.60. The van der Waals surface area contributed by atoms with Crippen molar-refractivity contribution in [2.45, 2.75) is 238 Å². The van der Waals surface area contributed by atoms with Gasteiger partial charge in [0.25, 0.3) is 0 Å². The summed E-state index contributed by atoms with van der Waals surface area (Å²) in [6.07, 6.45) is 1.34. The molecule has 0 rings (SSSR count). The van der Waals surface area contributed by atoms with Crippen LogP contribution >= 0.6 is 0 Å². The SMILES string of the molecule is CC(C)CC(NC(=O)C(C)NC(=O)C(CCCCN)NC(=O)C(CCCCN)NC(=O)C(N)CCCCN)C(=O)NC(CC(N)=O)C(=O)NC(CCCN=C(N)N)C(=O)NC(CCC(N)=O)C(=O)NC(CC(C)C)C(=O)NCC(=O)NC(C(=O)NC(C)C(=O)NC(C)C(=O)O)C(C)C. The van der Waals surface area contributed by atoms with E-state index >= 15 is 0 Å². The summed E-state index contributed by atoms with van der Waals surface area (Å²) in [7, 11) is 0. The van der Waals surface area contributed by atoms with E-state index in [1.807, 2.05) is 0 Å². The molecule has 558 valence electrons. The number of guanidine groups is 1. The van der Waals surface area contributed by atoms with Crippen LogP contribution in [0, 0.1) is 17.8 Å². The number of primary amides is 2. The van der Waals surface area contributed by atoms with Gasteiger partial charge < -0.3 is 115 Å². The van der Waals surface area contributed by atoms with Crippen molar-refractivity contribution in [1.82, 2.24) is 63.8 Å². The minimum atomic E-state index is -1.83. The second-order valence-electron chi connectivity index (χ2n) is 25.3. The molecule has 0 radical (unpaired) electrons. The van der Waals surface area contributed by atoms with Crippen molar-refractivity contribution >= 4 is 94.6 Å². The summed E-state index contributed by atoms with van der Waals surface area (Å²) in [5, 5.41) is 39.0. The Bertz CT molecular complexity index is 2680. The maximum atomic E-state index is 14.4. The van der Waals surface area contributed by atoms with Crippen molar-refractivity contribution < 1.29 is 77.0 Å². The van der Waals surface area contributed by atoms with Gasteiger partial charge in [-0.15, -0.1) is 0 Å². The first kappa shape index (κ1) is 89.2. The van der Waals surface area contributed by atoms with E-state index in [1.165, 1.54) is 20.8 Å². The van der Waals surface area contributed by atoms with Crippen molar-refractivity contribution in [1.29, 1.82) is 0 Å². The summed E-state index contributed by atoms with van der Waals surface area (Å²) in [4.78, 5) is 204. The minimum Gasteiger partial charge on any atom is -0.480 e. The molecule has 37 nitrogen and oxygen atoms in total. The highest BCUT2D eigenvalue weighted by Gasteiger charge is 2.36. The van der Waals surface area contributed by atoms with Crippen LogP contribution in [0.15, 0.2) is 4.99 Å². The number of aliphatic carboxylic acids is 1. The number of carboxylic acid groups (broad SMARTS) is 1. The molecule has 0 aromatic carbocycles. The average Bonchev–Trinajstić information content (AvgIpc) is 0.872. The van der Waals surface area contributed by atoms with Crippen molar-refractivity contribution in [2.24, 2.45) is 68.6 Å². The first-order valence-electron chi connectivity index (χ1n) is 33.2. The van der Waals surface area contributed by atoms with Gasteiger partial charge in [0.1, 0.15) is 66.5 Å². The summed E-state index contributed by atoms with van der Waals surface area (Å²) in [6.45, 7) is 14.0. The topological polar surface area (TPSA) is 641 Å². The summed E-state index contributed by atoms with van der Waals surface area (Å²) >= 11 is 0. The number of hydrogen-bond acceptors (Lipinski definition) is 20. The number of nitrogens with one attached hydrogen (secondary N) is 12. The molecule has 0 saturated carbocycles. The molecule has 0 aliphatic carbocycles. The molecular formula is C61H113N21O16. The molecule has 0 bridgehead atoms. The van der Waals surface area contributed by atoms with E-state index < -0.39 is 193 Å². The smallest absolute Gasteiger partial charge is 0.325 e. The highest BCUT2D eigenvalue weighted by Crippen LogP contribution is 2.13. The molecule has 0 aliphatic rings. The van der Waals surface area contributed by atoms with Gasteiger partial charge in [-0.2, -0.15) is 0 Å². The zero-order valence-corrected chi connectivity index (χ0v) is 58.1. The summed E-state index contributed by atoms with van der Waals surface area (Å²) in [6, 6.07) is -16.3. The Labute approximate surface area is 572 Å². The molecule has 37 heteroatoms. The van der Waals surface area contributed by atoms with Crippen molar-refractivity contribution in [3.05, 3.63) is 0 Å². The lowest BCUT2D eigenvalue weighted by atomic mass is 10.0. The first-order valence-corrected chi connectivity index (χ1v) is 33.2. The third kappa shape index (κ3) is 37.6. The number of rotatable bonds is 51. The zero-order valence-electron chi connectivity index (χ0n) is 58.1. The number of carboxylic acids is 1. The monoisotopic (exact) mass is 1400 g/mol. The zero-order chi connectivity index (χ0) is 74.9. The van der Waals surface area contributed by atoms with Crippen molar-refractivity contribution in [3.63, 3.8) is 0 Å². The second kappa shape index (κ2) is 48.0. The number of aliphatic imine (C=N–C) groups is 1. The standard InChI is InChI=1S/C61H113N21O16/c1-31(2)27-42(52(89)71-30-47(85)82-48(33(5)6)59(96)73-34(7)49(86)74-36(9)60(97)98)80-56(93)41(21-22-45(66)83)78-55(92)40(20-16-26-70-61(68)69)77-58(95)44(29-46(67)84)81-57(94)43(28-32(3)4)79-50(87)35(8)72-53(90)38(18-11-14-24-63)76-54(91)39(19-12-15-25-64)75-51(88)37(65)17-10-13-23-62/h31-44,48H,10-30,62-65H2,1-9H3,(H2,66,83)(H2,67,84)(H,71,89)(H,72,90)(H,73,96)(H,74,86)(H,75,88)(H,76,91)(H,77,95)(H,78,92)(H,79,87)(H,80,93)(H,81,94)(H,82,85)(H,97,98)(H4,68,69,70). The number of carbonyl (C=O) groups excluding carboxylic acids is 14. The van der Waals surface area contributed by atoms with E-state index in [4.69, 9.17) is 51.0 Å². The largest absolute Gasteiger partial charge is 0.480 e. The fourth-order valence-electron chi connectivity index (χ4n) is 9.44. The number of amides is 14. The Morgan fingerprint density at radius 2 is 0.745 bits per heavy atom. The van der Waals surface area contributed by atoms with Crippen LogP contribution in [0.25, 0.3) is 0 Å². The van der Waals surface area contributed by atoms with Gasteiger partial charge in [0.2, 0.25) is 82.7 Å². The quantitative estimate of drug-likeness (QED) is 0.0153. The highest BCUT2D eigenvalue weighted by atomic mass is 16.4. The molecule has 14 amide bonds. The second-order valence-corrected chi connectivity index (χ2v) is 25.3. The van der Waals surface area contributed by atoms with Crippen LogP contribution in [0.3, 0.4) is 0 Å². The van der Waals surface area contributed by atoms with Gasteiger partial charge in [-0.05, 0) is 142 Å². The molecule has 0 spiro atoms. The maximum absolute atomic E-state index is 14.4. The summed E-state index contributed by atoms with van der Waals surface area (Å²) in [5.74, 6) is -15.4. The third-order valence-corrected chi connectivity index (χ3v) is 15.0. The maximum Gasteiger partial charge on any atom is 0.325 e. The Kier molecular flexibility index (Phi) is 43.6. The van der Waals surface area contributed by atoms with Gasteiger partial charge in [-0.3, -0.25) is 76.9 Å². The highest BCUT2D eigenvalue weighted by molar-refractivity contribution is 6.00. The van der Waals surface area contributed by atoms with Gasteiger partial charge in [0.15, 0.2) is 5.96 Å². The molecule has 0 aromatic rings. The molecule has 12 atom stereocenters. The molecule has 12 unspecified atom stereocenters. The first-order chi connectivity index (χ1) is 45.9. The van der Waals surface area contributed by atoms with E-state index in [0.717, 1.165) is 0 Å². The van der Waals surface area contributed by atoms with Gasteiger partial charge >= 0.3 is 5.97 Å². The number of nitrogens with zero attached hydrogens (tertiary/aromatic N) is 1. The molecule has 0 heterocycles. The fraction of sp³-hybridized carbons (Fsp3) is 0.738. The fourth-order valence-corrected chi connectivity index (χ4v) is 9.44. The lowest BCUT2D eigenvalue weighted by Gasteiger charge is -2.28. The van der Waals surface area contributed by atoms with Crippen LogP contribution < -0.4 is 110 Å². The lowest BCUT2D eigenvalue weighted by molar-refractivity contribution is -0.141. The third-order valence-electron chi connectivity index (χ3n) is 15.0. The van der Waals surface area contributed by atoms with Crippen LogP contribution in [-0.4, -0.2) is 205 Å². The van der Waals surface area contributed by atoms with Gasteiger partial charge in [-0.25, -0.2) is 0 Å². The van der Waals surface area contributed by atoms with Crippen LogP contribution in [0.5, 0.6) is 0 Å². The average molecular weight is 1400 g/mol. The van der Waals surface area contributed by atoms with E-state index in [0.29, 0.717) is 58.0 Å². The van der Waals surface area contributed by atoms with Crippen LogP contribution in [0.4, 0.5) is 0 Å². The molecule has 98 heavy (non-hydrogen) atoms. The molecular weight excluding hydrogens is 1280 g/mol. The number of unbranched alkanes of at least 4 members (excludes halogenated alkanes) is 3. The number of nitrogens with two attached hydrogens (primary N) is 8. The molecule has 29 N–H and O–H groups in total. The van der Waals surface area contributed by atoms with Gasteiger partial charge in [0, 0.05) is 13.0 Å².